The lowest BCUT2D eigenvalue weighted by molar-refractivity contribution is 0.291. The number of nitrogens with zero attached hydrogens (tertiary/aromatic N) is 2. The molecule has 0 unspecified atom stereocenters. The highest BCUT2D eigenvalue weighted by Crippen LogP contribution is 1.82. The van der Waals surface area contributed by atoms with Gasteiger partial charge in [-0.15, -0.1) is 0 Å². The summed E-state index contributed by atoms with van der Waals surface area (Å²) >= 11 is 0. The molecule has 0 amide bonds. The smallest absolute Gasteiger partial charge is 0.221 e. The fraction of sp³-hybridized carbons (Fsp3) is 0.600. The lowest BCUT2D eigenvalue weighted by Gasteiger charge is -1.98. The quantitative estimate of drug-likeness (QED) is 0.410. The molecule has 0 aliphatic rings. The van der Waals surface area contributed by atoms with E-state index in [0.717, 1.165) is 0 Å². The molecule has 0 aromatic rings. The third-order valence-electron chi connectivity index (χ3n) is 1.11. The zero-order valence-electron chi connectivity index (χ0n) is 9.32. The molecule has 14 heavy (non-hydrogen) atoms. The number of aliphatic hydroxyl groups is 1. The largest absolute Gasteiger partial charge is 0.396 e. The van der Waals surface area contributed by atoms with E-state index in [0.29, 0.717) is 18.9 Å². The van der Waals surface area contributed by atoms with Crippen LogP contribution >= 0.6 is 0 Å². The Balaban J connectivity index is 0. The molecule has 0 fully saturated rings. The Morgan fingerprint density at radius 3 is 2.57 bits per heavy atom. The van der Waals surface area contributed by atoms with Crippen molar-refractivity contribution in [1.82, 2.24) is 5.32 Å². The van der Waals surface area contributed by atoms with E-state index in [1.807, 2.05) is 26.8 Å². The maximum absolute atomic E-state index is 8.48. The standard InChI is InChI=1S/C8H15N3O.C2H6/c1-3-5-10-8(9-2)11-6-4-7-12;1-2/h3,5,12H,2,4,6-7H2,1H3,(H,10,11);1-2H3/b5-3-;. The van der Waals surface area contributed by atoms with Crippen LogP contribution in [0.4, 0.5) is 0 Å². The van der Waals surface area contributed by atoms with Gasteiger partial charge in [0, 0.05) is 13.2 Å². The highest BCUT2D eigenvalue weighted by atomic mass is 16.3. The molecule has 2 N–H and O–H groups in total. The van der Waals surface area contributed by atoms with Gasteiger partial charge in [0.25, 0.3) is 0 Å². The number of nitrogens with one attached hydrogen (secondary N) is 1. The Labute approximate surface area is 86.5 Å². The molecule has 0 bridgehead atoms. The molecule has 0 heterocycles. The molecule has 0 saturated carbocycles. The van der Waals surface area contributed by atoms with Crippen molar-refractivity contribution in [3.05, 3.63) is 12.3 Å². The van der Waals surface area contributed by atoms with Crippen molar-refractivity contribution >= 4 is 12.7 Å². The van der Waals surface area contributed by atoms with Gasteiger partial charge in [-0.1, -0.05) is 19.9 Å². The summed E-state index contributed by atoms with van der Waals surface area (Å²) in [5.41, 5.74) is 0. The molecule has 82 valence electrons. The summed E-state index contributed by atoms with van der Waals surface area (Å²) in [4.78, 5) is 7.69. The van der Waals surface area contributed by atoms with Crippen LogP contribution in [0, 0.1) is 0 Å². The first kappa shape index (κ1) is 15.3. The Hall–Kier alpha value is -1.16. The Kier molecular flexibility index (Phi) is 15.7. The van der Waals surface area contributed by atoms with Gasteiger partial charge in [-0.05, 0) is 26.3 Å². The maximum Gasteiger partial charge on any atom is 0.221 e. The van der Waals surface area contributed by atoms with Crippen LogP contribution in [-0.4, -0.2) is 30.9 Å². The number of hydrogen-bond donors (Lipinski definition) is 2. The van der Waals surface area contributed by atoms with Gasteiger partial charge in [0.2, 0.25) is 5.96 Å². The Morgan fingerprint density at radius 1 is 1.50 bits per heavy atom. The number of allylic oxidation sites excluding steroid dienone is 1. The molecule has 0 atom stereocenters. The van der Waals surface area contributed by atoms with E-state index in [1.165, 1.54) is 0 Å². The number of rotatable bonds is 4. The van der Waals surface area contributed by atoms with Crippen LogP contribution in [0.2, 0.25) is 0 Å². The van der Waals surface area contributed by atoms with E-state index < -0.39 is 0 Å². The summed E-state index contributed by atoms with van der Waals surface area (Å²) in [6.07, 6.45) is 4.22. The molecule has 4 nitrogen and oxygen atoms in total. The van der Waals surface area contributed by atoms with Gasteiger partial charge in [-0.2, -0.15) is 0 Å². The van der Waals surface area contributed by atoms with E-state index >= 15 is 0 Å². The molecule has 0 aliphatic heterocycles. The lowest BCUT2D eigenvalue weighted by Crippen LogP contribution is -2.14. The van der Waals surface area contributed by atoms with Crippen LogP contribution < -0.4 is 5.32 Å². The van der Waals surface area contributed by atoms with Gasteiger partial charge in [-0.25, -0.2) is 4.99 Å². The monoisotopic (exact) mass is 199 g/mol. The minimum absolute atomic E-state index is 0.150. The van der Waals surface area contributed by atoms with Crippen LogP contribution in [0.15, 0.2) is 22.3 Å². The summed E-state index contributed by atoms with van der Waals surface area (Å²) in [7, 11) is 0. The van der Waals surface area contributed by atoms with Crippen LogP contribution in [0.1, 0.15) is 27.2 Å². The first-order valence-corrected chi connectivity index (χ1v) is 4.85. The fourth-order valence-corrected chi connectivity index (χ4v) is 0.555. The predicted octanol–water partition coefficient (Wildman–Crippen LogP) is 1.57. The molecule has 0 aromatic heterocycles. The van der Waals surface area contributed by atoms with Crippen LogP contribution in [0.3, 0.4) is 0 Å². The molecular weight excluding hydrogens is 178 g/mol. The molecule has 4 heteroatoms. The van der Waals surface area contributed by atoms with E-state index in [1.54, 1.807) is 6.20 Å². The van der Waals surface area contributed by atoms with Gasteiger partial charge < -0.3 is 10.4 Å². The summed E-state index contributed by atoms with van der Waals surface area (Å²) in [6.45, 7) is 9.96. The Bertz CT molecular complexity index is 176. The Morgan fingerprint density at radius 2 is 2.14 bits per heavy atom. The number of guanidine groups is 1. The summed E-state index contributed by atoms with van der Waals surface area (Å²) < 4.78 is 0. The normalized spacial score (nSPS) is 10.7. The molecule has 0 rings (SSSR count). The van der Waals surface area contributed by atoms with Crippen molar-refractivity contribution < 1.29 is 5.11 Å². The average molecular weight is 199 g/mol. The van der Waals surface area contributed by atoms with Crippen molar-refractivity contribution in [1.29, 1.82) is 0 Å². The SMILES string of the molecule is C=NC(=NCCCO)N/C=C\C.CC. The van der Waals surface area contributed by atoms with Crippen molar-refractivity contribution in [2.75, 3.05) is 13.2 Å². The first-order valence-electron chi connectivity index (χ1n) is 4.85. The van der Waals surface area contributed by atoms with E-state index in [-0.39, 0.29) is 6.61 Å². The van der Waals surface area contributed by atoms with E-state index in [2.05, 4.69) is 22.0 Å². The second-order valence-electron chi connectivity index (χ2n) is 2.08. The zero-order valence-corrected chi connectivity index (χ0v) is 9.32. The van der Waals surface area contributed by atoms with Crippen molar-refractivity contribution in [2.45, 2.75) is 27.2 Å². The van der Waals surface area contributed by atoms with Crippen molar-refractivity contribution in [3.8, 4) is 0 Å². The summed E-state index contributed by atoms with van der Waals surface area (Å²) in [6, 6.07) is 0. The van der Waals surface area contributed by atoms with Crippen molar-refractivity contribution in [3.63, 3.8) is 0 Å². The van der Waals surface area contributed by atoms with Crippen molar-refractivity contribution in [2.24, 2.45) is 9.98 Å². The molecule has 0 spiro atoms. The minimum Gasteiger partial charge on any atom is -0.396 e. The van der Waals surface area contributed by atoms with E-state index in [4.69, 9.17) is 5.11 Å². The van der Waals surface area contributed by atoms with Crippen LogP contribution in [-0.2, 0) is 0 Å². The number of hydrogen-bond acceptors (Lipinski definition) is 2. The topological polar surface area (TPSA) is 57.0 Å². The highest BCUT2D eigenvalue weighted by Gasteiger charge is 1.88. The van der Waals surface area contributed by atoms with E-state index in [9.17, 15) is 0 Å². The molecule has 0 aliphatic carbocycles. The minimum atomic E-state index is 0.150. The van der Waals surface area contributed by atoms with Gasteiger partial charge in [0.05, 0.1) is 0 Å². The zero-order chi connectivity index (χ0) is 11.2. The predicted molar refractivity (Wildman–Crippen MR) is 62.9 cm³/mol. The molecular formula is C10H21N3O. The van der Waals surface area contributed by atoms with Gasteiger partial charge in [-0.3, -0.25) is 4.99 Å². The number of aliphatic imine (C=N–C) groups is 2. The third kappa shape index (κ3) is 10.8. The molecule has 0 radical (unpaired) electrons. The van der Waals surface area contributed by atoms with Gasteiger partial charge >= 0.3 is 0 Å². The number of aliphatic hydroxyl groups excluding tert-OH is 1. The average Bonchev–Trinajstić information content (AvgIpc) is 2.26. The summed E-state index contributed by atoms with van der Waals surface area (Å²) in [5, 5.41) is 11.3. The van der Waals surface area contributed by atoms with Gasteiger partial charge in [0.1, 0.15) is 0 Å². The molecule has 0 aromatic carbocycles. The first-order chi connectivity index (χ1) is 6.85. The second-order valence-corrected chi connectivity index (χ2v) is 2.08. The summed E-state index contributed by atoms with van der Waals surface area (Å²) in [5.74, 6) is 0.488. The maximum atomic E-state index is 8.48. The van der Waals surface area contributed by atoms with Gasteiger partial charge in [0.15, 0.2) is 0 Å². The third-order valence-corrected chi connectivity index (χ3v) is 1.11. The van der Waals surface area contributed by atoms with Crippen LogP contribution in [0.25, 0.3) is 0 Å². The second kappa shape index (κ2) is 14.4. The lowest BCUT2D eigenvalue weighted by atomic mass is 10.5. The molecule has 0 saturated heterocycles. The van der Waals surface area contributed by atoms with Crippen LogP contribution in [0.5, 0.6) is 0 Å². The fourth-order valence-electron chi connectivity index (χ4n) is 0.555. The highest BCUT2D eigenvalue weighted by molar-refractivity contribution is 5.84.